The minimum atomic E-state index is -0.534. The first-order valence-electron chi connectivity index (χ1n) is 9.62. The van der Waals surface area contributed by atoms with E-state index >= 15 is 0 Å². The lowest BCUT2D eigenvalue weighted by Gasteiger charge is -2.09. The summed E-state index contributed by atoms with van der Waals surface area (Å²) in [7, 11) is 1.79. The van der Waals surface area contributed by atoms with Gasteiger partial charge in [0.1, 0.15) is 18.0 Å². The smallest absolute Gasteiger partial charge is 0.292 e. The second kappa shape index (κ2) is 10.1. The highest BCUT2D eigenvalue weighted by Crippen LogP contribution is 2.24. The minimum absolute atomic E-state index is 0.0372. The Balaban J connectivity index is 1.54. The van der Waals surface area contributed by atoms with Gasteiger partial charge in [-0.15, -0.1) is 10.2 Å². The molecule has 31 heavy (non-hydrogen) atoms. The van der Waals surface area contributed by atoms with Crippen molar-refractivity contribution in [1.29, 1.82) is 0 Å². The maximum atomic E-state index is 12.2. The van der Waals surface area contributed by atoms with Gasteiger partial charge >= 0.3 is 0 Å². The third kappa shape index (κ3) is 5.82. The molecule has 0 aliphatic heterocycles. The van der Waals surface area contributed by atoms with Crippen LogP contribution < -0.4 is 10.1 Å². The van der Waals surface area contributed by atoms with Crippen LogP contribution in [0, 0.1) is 10.1 Å². The van der Waals surface area contributed by atoms with Crippen molar-refractivity contribution >= 4 is 29.0 Å². The summed E-state index contributed by atoms with van der Waals surface area (Å²) in [5.74, 6) is 1.48. The van der Waals surface area contributed by atoms with E-state index in [0.717, 1.165) is 5.75 Å². The zero-order valence-corrected chi connectivity index (χ0v) is 18.3. The van der Waals surface area contributed by atoms with Gasteiger partial charge in [0.25, 0.3) is 5.69 Å². The van der Waals surface area contributed by atoms with Crippen LogP contribution in [0.15, 0.2) is 53.7 Å². The van der Waals surface area contributed by atoms with E-state index in [2.05, 4.69) is 29.4 Å². The number of ether oxygens (including phenoxy) is 1. The van der Waals surface area contributed by atoms with E-state index in [1.54, 1.807) is 23.7 Å². The molecule has 3 rings (SSSR count). The summed E-state index contributed by atoms with van der Waals surface area (Å²) in [5, 5.41) is 22.4. The van der Waals surface area contributed by atoms with Crippen LogP contribution in [0.3, 0.4) is 0 Å². The molecule has 1 heterocycles. The molecular weight excluding hydrogens is 418 g/mol. The van der Waals surface area contributed by atoms with E-state index in [4.69, 9.17) is 4.74 Å². The van der Waals surface area contributed by atoms with Crippen LogP contribution in [0.25, 0.3) is 0 Å². The van der Waals surface area contributed by atoms with E-state index in [0.29, 0.717) is 16.9 Å². The molecule has 0 bridgehead atoms. The van der Waals surface area contributed by atoms with Gasteiger partial charge in [0.05, 0.1) is 10.7 Å². The molecule has 0 saturated heterocycles. The number of anilines is 1. The number of aromatic nitrogens is 3. The van der Waals surface area contributed by atoms with E-state index in [1.165, 1.54) is 29.5 Å². The summed E-state index contributed by atoms with van der Waals surface area (Å²) in [5.41, 5.74) is 1.25. The number of hydrogen-bond donors (Lipinski definition) is 1. The topological polar surface area (TPSA) is 112 Å². The number of amides is 1. The molecular formula is C21H23N5O4S. The van der Waals surface area contributed by atoms with Crippen molar-refractivity contribution in [1.82, 2.24) is 14.8 Å². The number of benzene rings is 2. The van der Waals surface area contributed by atoms with Gasteiger partial charge in [-0.3, -0.25) is 14.9 Å². The lowest BCUT2D eigenvalue weighted by Crippen LogP contribution is -2.15. The first-order valence-corrected chi connectivity index (χ1v) is 10.6. The van der Waals surface area contributed by atoms with E-state index in [-0.39, 0.29) is 29.6 Å². The summed E-state index contributed by atoms with van der Waals surface area (Å²) in [6.07, 6.45) is 0. The summed E-state index contributed by atoms with van der Waals surface area (Å²) < 4.78 is 7.54. The lowest BCUT2D eigenvalue weighted by atomic mass is 10.0. The van der Waals surface area contributed by atoms with Gasteiger partial charge in [-0.25, -0.2) is 0 Å². The normalized spacial score (nSPS) is 10.8. The summed E-state index contributed by atoms with van der Waals surface area (Å²) in [4.78, 5) is 22.8. The third-order valence-electron chi connectivity index (χ3n) is 4.55. The molecule has 0 fully saturated rings. The molecule has 0 radical (unpaired) electrons. The highest BCUT2D eigenvalue weighted by atomic mass is 32.2. The van der Waals surface area contributed by atoms with Crippen molar-refractivity contribution < 1.29 is 14.5 Å². The van der Waals surface area contributed by atoms with Crippen molar-refractivity contribution in [2.75, 3.05) is 11.1 Å². The molecule has 2 aromatic carbocycles. The van der Waals surface area contributed by atoms with Gasteiger partial charge < -0.3 is 14.6 Å². The second-order valence-corrected chi connectivity index (χ2v) is 8.02. The maximum Gasteiger partial charge on any atom is 0.292 e. The standard InChI is InChI=1S/C21H23N5O4S/c1-14(2)15-8-10-16(11-9-15)30-12-19-23-24-21(25(19)3)31-13-20(27)22-17-6-4-5-7-18(17)26(28)29/h4-11,14H,12-13H2,1-3H3,(H,22,27). The van der Waals surface area contributed by atoms with Gasteiger partial charge in [-0.05, 0) is 29.7 Å². The van der Waals surface area contributed by atoms with Crippen molar-refractivity contribution in [2.45, 2.75) is 31.5 Å². The lowest BCUT2D eigenvalue weighted by molar-refractivity contribution is -0.383. The van der Waals surface area contributed by atoms with Gasteiger partial charge in [0.15, 0.2) is 11.0 Å². The van der Waals surface area contributed by atoms with E-state index in [9.17, 15) is 14.9 Å². The Bertz CT molecular complexity index is 1070. The average Bonchev–Trinajstić information content (AvgIpc) is 3.10. The molecule has 0 aliphatic carbocycles. The quantitative estimate of drug-likeness (QED) is 0.301. The maximum absolute atomic E-state index is 12.2. The molecule has 9 nitrogen and oxygen atoms in total. The number of hydrogen-bond acceptors (Lipinski definition) is 7. The Morgan fingerprint density at radius 2 is 1.90 bits per heavy atom. The van der Waals surface area contributed by atoms with Gasteiger partial charge in [-0.1, -0.05) is 49.9 Å². The van der Waals surface area contributed by atoms with Gasteiger partial charge in [0.2, 0.25) is 5.91 Å². The summed E-state index contributed by atoms with van der Waals surface area (Å²) >= 11 is 1.19. The molecule has 0 spiro atoms. The number of rotatable bonds is 9. The Hall–Kier alpha value is -3.40. The number of thioether (sulfide) groups is 1. The Kier molecular flexibility index (Phi) is 7.24. The first kappa shape index (κ1) is 22.3. The Morgan fingerprint density at radius 1 is 1.19 bits per heavy atom. The van der Waals surface area contributed by atoms with Crippen molar-refractivity contribution in [3.8, 4) is 5.75 Å². The monoisotopic (exact) mass is 441 g/mol. The summed E-state index contributed by atoms with van der Waals surface area (Å²) in [6, 6.07) is 13.9. The number of nitrogens with one attached hydrogen (secondary N) is 1. The number of nitrogens with zero attached hydrogens (tertiary/aromatic N) is 4. The third-order valence-corrected chi connectivity index (χ3v) is 5.57. The Labute approximate surface area is 184 Å². The zero-order chi connectivity index (χ0) is 22.4. The second-order valence-electron chi connectivity index (χ2n) is 7.08. The molecule has 1 N–H and O–H groups in total. The van der Waals surface area contributed by atoms with Crippen LogP contribution in [0.2, 0.25) is 0 Å². The van der Waals surface area contributed by atoms with Crippen LogP contribution >= 0.6 is 11.8 Å². The van der Waals surface area contributed by atoms with Gasteiger partial charge in [-0.2, -0.15) is 0 Å². The van der Waals surface area contributed by atoms with Crippen molar-refractivity contribution in [2.24, 2.45) is 7.05 Å². The fourth-order valence-corrected chi connectivity index (χ4v) is 3.48. The predicted molar refractivity (Wildman–Crippen MR) is 118 cm³/mol. The molecule has 1 amide bonds. The molecule has 0 aliphatic rings. The molecule has 0 atom stereocenters. The van der Waals surface area contributed by atoms with Crippen LogP contribution in [0.5, 0.6) is 5.75 Å². The number of nitro benzene ring substituents is 1. The Morgan fingerprint density at radius 3 is 2.58 bits per heavy atom. The fourth-order valence-electron chi connectivity index (χ4n) is 2.75. The van der Waals surface area contributed by atoms with Crippen molar-refractivity contribution in [3.63, 3.8) is 0 Å². The molecule has 3 aromatic rings. The van der Waals surface area contributed by atoms with Crippen molar-refractivity contribution in [3.05, 3.63) is 70.0 Å². The number of para-hydroxylation sites is 2. The summed E-state index contributed by atoms with van der Waals surface area (Å²) in [6.45, 7) is 4.51. The number of carbonyl (C=O) groups is 1. The molecule has 162 valence electrons. The minimum Gasteiger partial charge on any atom is -0.486 e. The highest BCUT2D eigenvalue weighted by molar-refractivity contribution is 7.99. The molecule has 1 aromatic heterocycles. The first-order chi connectivity index (χ1) is 14.8. The fraction of sp³-hybridized carbons (Fsp3) is 0.286. The van der Waals surface area contributed by atoms with Crippen LogP contribution in [-0.4, -0.2) is 31.3 Å². The molecule has 10 heteroatoms. The number of carbonyl (C=O) groups excluding carboxylic acids is 1. The average molecular weight is 442 g/mol. The molecule has 0 saturated carbocycles. The van der Waals surface area contributed by atoms with E-state index < -0.39 is 4.92 Å². The zero-order valence-electron chi connectivity index (χ0n) is 17.4. The van der Waals surface area contributed by atoms with E-state index in [1.807, 2.05) is 24.3 Å². The van der Waals surface area contributed by atoms with Crippen LogP contribution in [0.1, 0.15) is 31.2 Å². The predicted octanol–water partition coefficient (Wildman–Crippen LogP) is 4.16. The van der Waals surface area contributed by atoms with Gasteiger partial charge in [0, 0.05) is 13.1 Å². The molecule has 0 unspecified atom stereocenters. The highest BCUT2D eigenvalue weighted by Gasteiger charge is 2.16. The SMILES string of the molecule is CC(C)c1ccc(OCc2nnc(SCC(=O)Nc3ccccc3[N+](=O)[O-])n2C)cc1. The van der Waals surface area contributed by atoms with Crippen LogP contribution in [-0.2, 0) is 18.4 Å². The number of nitro groups is 1. The van der Waals surface area contributed by atoms with Crippen LogP contribution in [0.4, 0.5) is 11.4 Å². The largest absolute Gasteiger partial charge is 0.486 e.